The summed E-state index contributed by atoms with van der Waals surface area (Å²) in [6.45, 7) is 6.07. The van der Waals surface area contributed by atoms with E-state index in [1.54, 1.807) is 19.1 Å². The molecule has 0 aliphatic rings. The summed E-state index contributed by atoms with van der Waals surface area (Å²) in [5, 5.41) is 9.67. The summed E-state index contributed by atoms with van der Waals surface area (Å²) >= 11 is 0. The zero-order chi connectivity index (χ0) is 12.6. The third-order valence-electron chi connectivity index (χ3n) is 1.72. The number of nitrogens with one attached hydrogen (secondary N) is 2. The van der Waals surface area contributed by atoms with E-state index < -0.39 is 0 Å². The summed E-state index contributed by atoms with van der Waals surface area (Å²) in [5.41, 5.74) is 13.8. The first-order valence-corrected chi connectivity index (χ1v) is 4.96. The fourth-order valence-corrected chi connectivity index (χ4v) is 0.962. The molecule has 16 heavy (non-hydrogen) atoms. The Hall–Kier alpha value is -1.81. The average Bonchev–Trinajstić information content (AvgIpc) is 2.19. The molecule has 0 radical (unpaired) electrons. The van der Waals surface area contributed by atoms with Gasteiger partial charge in [-0.3, -0.25) is 0 Å². The Morgan fingerprint density at radius 1 is 1.38 bits per heavy atom. The molecule has 0 saturated carbocycles. The lowest BCUT2D eigenvalue weighted by Gasteiger charge is -1.98. The lowest BCUT2D eigenvalue weighted by molar-refractivity contribution is 0.938. The van der Waals surface area contributed by atoms with Gasteiger partial charge in [-0.2, -0.15) is 0 Å². The molecule has 88 valence electrons. The Morgan fingerprint density at radius 3 is 2.12 bits per heavy atom. The van der Waals surface area contributed by atoms with E-state index in [0.29, 0.717) is 18.0 Å². The van der Waals surface area contributed by atoms with Crippen LogP contribution in [0.2, 0.25) is 0 Å². The Kier molecular flexibility index (Phi) is 6.63. The largest absolute Gasteiger partial charge is 0.399 e. The van der Waals surface area contributed by atoms with Gasteiger partial charge in [-0.05, 0) is 31.7 Å². The second kappa shape index (κ2) is 7.48. The van der Waals surface area contributed by atoms with Gasteiger partial charge in [-0.15, -0.1) is 0 Å². The summed E-state index contributed by atoms with van der Waals surface area (Å²) in [6, 6.07) is 7.29. The maximum absolute atomic E-state index is 6.83. The highest BCUT2D eigenvalue weighted by Gasteiger charge is 1.90. The van der Waals surface area contributed by atoms with Gasteiger partial charge in [0, 0.05) is 23.6 Å². The Balaban J connectivity index is 0.000000325. The fraction of sp³-hybridized carbons (Fsp3) is 0.250. The fourth-order valence-electron chi connectivity index (χ4n) is 0.962. The maximum atomic E-state index is 6.83. The van der Waals surface area contributed by atoms with E-state index in [0.717, 1.165) is 11.3 Å². The van der Waals surface area contributed by atoms with E-state index >= 15 is 0 Å². The molecule has 4 nitrogen and oxygen atoms in total. The molecule has 0 unspecified atom stereocenters. The van der Waals surface area contributed by atoms with Gasteiger partial charge in [0.05, 0.1) is 0 Å². The second-order valence-corrected chi connectivity index (χ2v) is 3.46. The number of hydrogen-bond donors (Lipinski definition) is 4. The first-order valence-electron chi connectivity index (χ1n) is 4.96. The van der Waals surface area contributed by atoms with E-state index in [1.165, 1.54) is 0 Å². The van der Waals surface area contributed by atoms with Crippen molar-refractivity contribution in [3.05, 3.63) is 36.4 Å². The van der Waals surface area contributed by atoms with E-state index in [2.05, 4.69) is 11.9 Å². The minimum atomic E-state index is 0.569. The maximum Gasteiger partial charge on any atom is 0.0327 e. The first kappa shape index (κ1) is 14.2. The number of rotatable bonds is 3. The van der Waals surface area contributed by atoms with Crippen molar-refractivity contribution in [2.24, 2.45) is 5.73 Å². The van der Waals surface area contributed by atoms with Crippen molar-refractivity contribution >= 4 is 17.1 Å². The summed E-state index contributed by atoms with van der Waals surface area (Å²) in [7, 11) is 1.83. The quantitative estimate of drug-likeness (QED) is 0.459. The third kappa shape index (κ3) is 6.62. The molecule has 0 amide bonds. The monoisotopic (exact) mass is 220 g/mol. The zero-order valence-corrected chi connectivity index (χ0v) is 9.88. The number of anilines is 1. The first-order chi connectivity index (χ1) is 7.47. The molecule has 6 N–H and O–H groups in total. The minimum absolute atomic E-state index is 0.569. The van der Waals surface area contributed by atoms with Crippen molar-refractivity contribution in [3.63, 3.8) is 0 Å². The molecule has 0 aromatic heterocycles. The van der Waals surface area contributed by atoms with Crippen molar-refractivity contribution < 1.29 is 0 Å². The van der Waals surface area contributed by atoms with Gasteiger partial charge in [-0.25, -0.2) is 0 Å². The number of nitrogens with two attached hydrogens (primary N) is 2. The lowest BCUT2D eigenvalue weighted by Crippen LogP contribution is -2.14. The molecule has 0 saturated heterocycles. The molecule has 0 spiro atoms. The topological polar surface area (TPSA) is 87.9 Å². The van der Waals surface area contributed by atoms with Crippen molar-refractivity contribution in [3.8, 4) is 0 Å². The highest BCUT2D eigenvalue weighted by atomic mass is 14.8. The molecular weight excluding hydrogens is 200 g/mol. The molecule has 0 aliphatic carbocycles. The number of hydrogen-bond acceptors (Lipinski definition) is 4. The molecule has 0 bridgehead atoms. The molecule has 0 atom stereocenters. The molecule has 0 heterocycles. The summed E-state index contributed by atoms with van der Waals surface area (Å²) in [5.74, 6) is 0. The third-order valence-corrected chi connectivity index (χ3v) is 1.72. The number of benzene rings is 1. The summed E-state index contributed by atoms with van der Waals surface area (Å²) in [6.07, 6.45) is 0. The summed E-state index contributed by atoms with van der Waals surface area (Å²) in [4.78, 5) is 0. The van der Waals surface area contributed by atoms with Gasteiger partial charge in [0.15, 0.2) is 0 Å². The van der Waals surface area contributed by atoms with Gasteiger partial charge in [0.2, 0.25) is 0 Å². The average molecular weight is 220 g/mol. The van der Waals surface area contributed by atoms with Gasteiger partial charge in [0.1, 0.15) is 0 Å². The van der Waals surface area contributed by atoms with Crippen LogP contribution in [-0.4, -0.2) is 19.3 Å². The Morgan fingerprint density at radius 2 is 1.88 bits per heavy atom. The zero-order valence-electron chi connectivity index (χ0n) is 9.88. The van der Waals surface area contributed by atoms with E-state index in [-0.39, 0.29) is 0 Å². The van der Waals surface area contributed by atoms with Crippen molar-refractivity contribution in [2.75, 3.05) is 19.3 Å². The predicted octanol–water partition coefficient (Wildman–Crippen LogP) is 1.44. The van der Waals surface area contributed by atoms with E-state index in [4.69, 9.17) is 16.9 Å². The van der Waals surface area contributed by atoms with Crippen LogP contribution in [0.5, 0.6) is 0 Å². The van der Waals surface area contributed by atoms with Crippen LogP contribution >= 0.6 is 0 Å². The van der Waals surface area contributed by atoms with Gasteiger partial charge in [0.25, 0.3) is 0 Å². The van der Waals surface area contributed by atoms with Crippen LogP contribution in [0.25, 0.3) is 5.70 Å². The van der Waals surface area contributed by atoms with E-state index in [9.17, 15) is 0 Å². The molecule has 1 aromatic rings. The van der Waals surface area contributed by atoms with Crippen LogP contribution in [0.4, 0.5) is 5.69 Å². The van der Waals surface area contributed by atoms with Crippen LogP contribution in [0.3, 0.4) is 0 Å². The van der Waals surface area contributed by atoms with Crippen molar-refractivity contribution in [1.82, 2.24) is 5.32 Å². The normalized spacial score (nSPS) is 8.88. The smallest absolute Gasteiger partial charge is 0.0327 e. The molecule has 1 rings (SSSR count). The van der Waals surface area contributed by atoms with Crippen LogP contribution in [-0.2, 0) is 0 Å². The van der Waals surface area contributed by atoms with Crippen LogP contribution in [0.15, 0.2) is 30.8 Å². The van der Waals surface area contributed by atoms with Crippen molar-refractivity contribution in [2.45, 2.75) is 6.92 Å². The lowest BCUT2D eigenvalue weighted by atomic mass is 10.2. The standard InChI is InChI=1S/C8H10N2.C4H10N2/c1-6(9)7-2-4-8(10)5-3-7;1-4(5)3-6-2/h2-5H,1,9-10H2;5-6H,3H2,1-2H3. The van der Waals surface area contributed by atoms with Crippen LogP contribution in [0.1, 0.15) is 12.5 Å². The SMILES string of the molecule is C=C(N)c1ccc(N)cc1.CNCC(C)=N. The highest BCUT2D eigenvalue weighted by Crippen LogP contribution is 2.09. The van der Waals surface area contributed by atoms with E-state index in [1.807, 2.05) is 19.2 Å². The van der Waals surface area contributed by atoms with Gasteiger partial charge >= 0.3 is 0 Å². The molecular formula is C12H20N4. The Labute approximate surface area is 96.9 Å². The number of nitrogen functional groups attached to an aromatic ring is 1. The van der Waals surface area contributed by atoms with Crippen molar-refractivity contribution in [1.29, 1.82) is 5.41 Å². The van der Waals surface area contributed by atoms with Gasteiger partial charge < -0.3 is 22.2 Å². The highest BCUT2D eigenvalue weighted by molar-refractivity contribution is 5.80. The van der Waals surface area contributed by atoms with Crippen LogP contribution < -0.4 is 16.8 Å². The molecule has 4 heteroatoms. The predicted molar refractivity (Wildman–Crippen MR) is 71.4 cm³/mol. The Bertz CT molecular complexity index is 341. The molecule has 0 aliphatic heterocycles. The minimum Gasteiger partial charge on any atom is -0.399 e. The summed E-state index contributed by atoms with van der Waals surface area (Å²) < 4.78 is 0. The van der Waals surface area contributed by atoms with Crippen LogP contribution in [0, 0.1) is 5.41 Å². The van der Waals surface area contributed by atoms with Gasteiger partial charge in [-0.1, -0.05) is 18.7 Å². The molecule has 0 fully saturated rings. The second-order valence-electron chi connectivity index (χ2n) is 3.46. The molecule has 1 aromatic carbocycles.